The molecule has 0 aromatic carbocycles. The molecule has 0 nitrogen and oxygen atoms in total. The zero-order valence-corrected chi connectivity index (χ0v) is 10.4. The molecule has 88 valence electrons. The fourth-order valence-electron chi connectivity index (χ4n) is 3.71. The lowest BCUT2D eigenvalue weighted by Crippen LogP contribution is -2.16. The first-order valence-corrected chi connectivity index (χ1v) is 7.26. The second-order valence-corrected chi connectivity index (χ2v) is 6.10. The fraction of sp³-hybridized carbons (Fsp3) is 0.750. The molecule has 0 spiro atoms. The topological polar surface area (TPSA) is 0 Å². The minimum absolute atomic E-state index is 1.06. The third-order valence-corrected chi connectivity index (χ3v) is 5.02. The summed E-state index contributed by atoms with van der Waals surface area (Å²) in [6, 6.07) is 0. The molecule has 0 radical (unpaired) electrons. The van der Waals surface area contributed by atoms with Crippen molar-refractivity contribution in [2.75, 3.05) is 0 Å². The monoisotopic (exact) mass is 216 g/mol. The molecular weight excluding hydrogens is 192 g/mol. The van der Waals surface area contributed by atoms with E-state index in [-0.39, 0.29) is 0 Å². The van der Waals surface area contributed by atoms with E-state index in [4.69, 9.17) is 0 Å². The van der Waals surface area contributed by atoms with Gasteiger partial charge in [0.15, 0.2) is 0 Å². The van der Waals surface area contributed by atoms with Crippen LogP contribution in [0.2, 0.25) is 0 Å². The molecule has 0 aromatic heterocycles. The van der Waals surface area contributed by atoms with E-state index >= 15 is 0 Å². The highest BCUT2D eigenvalue weighted by molar-refractivity contribution is 5.21. The van der Waals surface area contributed by atoms with Crippen LogP contribution < -0.4 is 0 Å². The lowest BCUT2D eigenvalue weighted by Gasteiger charge is -2.30. The molecule has 1 fully saturated rings. The summed E-state index contributed by atoms with van der Waals surface area (Å²) < 4.78 is 0. The fourth-order valence-corrected chi connectivity index (χ4v) is 3.71. The van der Waals surface area contributed by atoms with E-state index in [0.29, 0.717) is 0 Å². The Balaban J connectivity index is 1.72. The zero-order valence-electron chi connectivity index (χ0n) is 10.4. The van der Waals surface area contributed by atoms with Gasteiger partial charge in [0.2, 0.25) is 0 Å². The Hall–Kier alpha value is -0.520. The lowest BCUT2D eigenvalue weighted by atomic mass is 9.76. The van der Waals surface area contributed by atoms with Gasteiger partial charge in [-0.25, -0.2) is 0 Å². The largest absolute Gasteiger partial charge is 0.0810 e. The van der Waals surface area contributed by atoms with Crippen LogP contribution in [0, 0.1) is 11.8 Å². The predicted octanol–water partition coefficient (Wildman–Crippen LogP) is 5.01. The molecule has 16 heavy (non-hydrogen) atoms. The van der Waals surface area contributed by atoms with Crippen LogP contribution in [0.3, 0.4) is 0 Å². The second kappa shape index (κ2) is 4.77. The van der Waals surface area contributed by atoms with Crippen molar-refractivity contribution in [3.8, 4) is 0 Å². The Morgan fingerprint density at radius 3 is 1.44 bits per heavy atom. The average Bonchev–Trinajstić information content (AvgIpc) is 2.33. The maximum atomic E-state index is 2.53. The number of allylic oxidation sites excluding steroid dienone is 4. The minimum Gasteiger partial charge on any atom is -0.0810 e. The number of rotatable bonds is 0. The third kappa shape index (κ3) is 2.42. The number of hydrogen-bond acceptors (Lipinski definition) is 0. The van der Waals surface area contributed by atoms with Crippen molar-refractivity contribution in [1.29, 1.82) is 0 Å². The minimum atomic E-state index is 1.06. The highest BCUT2D eigenvalue weighted by Crippen LogP contribution is 2.37. The van der Waals surface area contributed by atoms with Crippen LogP contribution in [0.25, 0.3) is 0 Å². The molecule has 0 unspecified atom stereocenters. The van der Waals surface area contributed by atoms with Crippen molar-refractivity contribution < 1.29 is 0 Å². The summed E-state index contributed by atoms with van der Waals surface area (Å²) in [5.41, 5.74) is 3.46. The van der Waals surface area contributed by atoms with E-state index in [1.54, 1.807) is 11.1 Å². The Morgan fingerprint density at radius 2 is 1.06 bits per heavy atom. The van der Waals surface area contributed by atoms with Crippen molar-refractivity contribution in [3.05, 3.63) is 23.3 Å². The van der Waals surface area contributed by atoms with Crippen LogP contribution in [-0.2, 0) is 0 Å². The molecule has 0 amide bonds. The maximum absolute atomic E-state index is 2.53. The van der Waals surface area contributed by atoms with Gasteiger partial charge in [-0.3, -0.25) is 0 Å². The van der Waals surface area contributed by atoms with E-state index < -0.39 is 0 Å². The molecule has 4 bridgehead atoms. The molecule has 0 N–H and O–H groups in total. The maximum Gasteiger partial charge on any atom is -0.0136 e. The van der Waals surface area contributed by atoms with Gasteiger partial charge in [0.25, 0.3) is 0 Å². The number of hydrogen-bond donors (Lipinski definition) is 0. The van der Waals surface area contributed by atoms with Gasteiger partial charge >= 0.3 is 0 Å². The van der Waals surface area contributed by atoms with Crippen LogP contribution in [-0.4, -0.2) is 0 Å². The van der Waals surface area contributed by atoms with E-state index in [0.717, 1.165) is 11.8 Å². The van der Waals surface area contributed by atoms with E-state index in [2.05, 4.69) is 12.2 Å². The van der Waals surface area contributed by atoms with Gasteiger partial charge in [0.1, 0.15) is 0 Å². The van der Waals surface area contributed by atoms with Gasteiger partial charge in [-0.15, -0.1) is 0 Å². The van der Waals surface area contributed by atoms with Gasteiger partial charge in [-0.05, 0) is 50.4 Å². The van der Waals surface area contributed by atoms with Gasteiger partial charge in [-0.2, -0.15) is 0 Å². The van der Waals surface area contributed by atoms with Gasteiger partial charge < -0.3 is 0 Å². The molecule has 0 atom stereocenters. The summed E-state index contributed by atoms with van der Waals surface area (Å²) >= 11 is 0. The Labute approximate surface area is 99.8 Å². The molecule has 0 aliphatic heterocycles. The molecule has 0 saturated heterocycles. The normalized spacial score (nSPS) is 35.0. The summed E-state index contributed by atoms with van der Waals surface area (Å²) in [7, 11) is 0. The lowest BCUT2D eigenvalue weighted by molar-refractivity contribution is 0.251. The highest BCUT2D eigenvalue weighted by atomic mass is 14.3. The first-order valence-electron chi connectivity index (χ1n) is 7.26. The first-order chi connectivity index (χ1) is 7.90. The van der Waals surface area contributed by atoms with Crippen LogP contribution in [0.5, 0.6) is 0 Å². The highest BCUT2D eigenvalue weighted by Gasteiger charge is 2.22. The summed E-state index contributed by atoms with van der Waals surface area (Å²) in [6.45, 7) is 0. The van der Waals surface area contributed by atoms with Crippen LogP contribution in [0.4, 0.5) is 0 Å². The van der Waals surface area contributed by atoms with Crippen molar-refractivity contribution in [2.45, 2.75) is 64.2 Å². The van der Waals surface area contributed by atoms with Crippen molar-refractivity contribution in [3.63, 3.8) is 0 Å². The summed E-state index contributed by atoms with van der Waals surface area (Å²) in [5.74, 6) is 2.11. The van der Waals surface area contributed by atoms with E-state index in [1.807, 2.05) is 0 Å². The van der Waals surface area contributed by atoms with Crippen LogP contribution in [0.1, 0.15) is 64.2 Å². The molecule has 6 aliphatic carbocycles. The molecular formula is C16H24. The van der Waals surface area contributed by atoms with Gasteiger partial charge in [0, 0.05) is 0 Å². The van der Waals surface area contributed by atoms with Crippen molar-refractivity contribution in [2.24, 2.45) is 11.8 Å². The summed E-state index contributed by atoms with van der Waals surface area (Å²) in [4.78, 5) is 0. The smallest absolute Gasteiger partial charge is 0.0136 e. The van der Waals surface area contributed by atoms with Crippen molar-refractivity contribution >= 4 is 0 Å². The Morgan fingerprint density at radius 1 is 0.625 bits per heavy atom. The SMILES string of the molecule is C1=C2CC=C(C1)CCC1CCC(CC2)CC1. The predicted molar refractivity (Wildman–Crippen MR) is 69.3 cm³/mol. The van der Waals surface area contributed by atoms with Crippen molar-refractivity contribution in [1.82, 2.24) is 0 Å². The zero-order chi connectivity index (χ0) is 10.8. The first kappa shape index (κ1) is 10.6. The van der Waals surface area contributed by atoms with Gasteiger partial charge in [0.05, 0.1) is 0 Å². The average molecular weight is 216 g/mol. The van der Waals surface area contributed by atoms with Crippen LogP contribution >= 0.6 is 0 Å². The Bertz CT molecular complexity index is 268. The molecule has 6 aliphatic rings. The van der Waals surface area contributed by atoms with E-state index in [9.17, 15) is 0 Å². The van der Waals surface area contributed by atoms with Gasteiger partial charge in [-0.1, -0.05) is 49.0 Å². The molecule has 0 heteroatoms. The second-order valence-electron chi connectivity index (χ2n) is 6.10. The third-order valence-electron chi connectivity index (χ3n) is 5.02. The summed E-state index contributed by atoms with van der Waals surface area (Å²) in [6.07, 6.45) is 19.4. The molecule has 6 rings (SSSR count). The standard InChI is InChI=1S/C16H24/c1-2-14-4-3-13(1)9-10-15-5-7-16(8-6-15)12-11-14/h1,4,15-16H,2-3,5-12H2. The molecule has 0 aromatic rings. The quantitative estimate of drug-likeness (QED) is 0.499. The Kier molecular flexibility index (Phi) is 3.17. The van der Waals surface area contributed by atoms with Crippen LogP contribution in [0.15, 0.2) is 23.3 Å². The molecule has 0 heterocycles. The summed E-state index contributed by atoms with van der Waals surface area (Å²) in [5, 5.41) is 0. The van der Waals surface area contributed by atoms with E-state index in [1.165, 1.54) is 64.2 Å². The molecule has 1 saturated carbocycles.